The Kier molecular flexibility index (Phi) is 3.38. The van der Waals surface area contributed by atoms with Crippen molar-refractivity contribution in [2.75, 3.05) is 0 Å². The average molecular weight is 207 g/mol. The number of aliphatic imine (C=N–C) groups is 1. The van der Waals surface area contributed by atoms with E-state index in [4.69, 9.17) is 0 Å². The van der Waals surface area contributed by atoms with E-state index in [0.717, 1.165) is 10.5 Å². The molecule has 0 heterocycles. The Hall–Kier alpha value is -0.760. The highest BCUT2D eigenvalue weighted by Crippen LogP contribution is 2.15. The minimum absolute atomic E-state index is 0.0238. The van der Waals surface area contributed by atoms with Gasteiger partial charge in [-0.2, -0.15) is 0 Å². The zero-order valence-electron chi connectivity index (χ0n) is 9.20. The number of benzene rings is 1. The fraction of sp³-hybridized carbons (Fsp3) is 0.417. The van der Waals surface area contributed by atoms with Crippen LogP contribution in [0.1, 0.15) is 31.9 Å². The Morgan fingerprint density at radius 2 is 1.93 bits per heavy atom. The van der Waals surface area contributed by atoms with Crippen molar-refractivity contribution in [3.05, 3.63) is 29.3 Å². The molecule has 0 N–H and O–H groups in total. The van der Waals surface area contributed by atoms with Gasteiger partial charge in [-0.05, 0) is 39.8 Å². The van der Waals surface area contributed by atoms with Gasteiger partial charge in [0.05, 0.1) is 5.54 Å². The summed E-state index contributed by atoms with van der Waals surface area (Å²) in [5.41, 5.74) is 2.30. The van der Waals surface area contributed by atoms with Crippen molar-refractivity contribution < 1.29 is 0 Å². The van der Waals surface area contributed by atoms with Gasteiger partial charge in [0.15, 0.2) is 0 Å². The molecule has 0 aliphatic heterocycles. The molecule has 1 aromatic carbocycles. The maximum absolute atomic E-state index is 4.45. The van der Waals surface area contributed by atoms with E-state index < -0.39 is 0 Å². The molecule has 0 aliphatic rings. The van der Waals surface area contributed by atoms with Gasteiger partial charge in [-0.3, -0.25) is 4.99 Å². The summed E-state index contributed by atoms with van der Waals surface area (Å²) in [6, 6.07) is 6.15. The second kappa shape index (κ2) is 4.18. The van der Waals surface area contributed by atoms with Crippen LogP contribution in [0, 0.1) is 6.92 Å². The zero-order chi connectivity index (χ0) is 10.8. The van der Waals surface area contributed by atoms with Crippen molar-refractivity contribution >= 4 is 18.8 Å². The molecule has 0 aliphatic carbocycles. The van der Waals surface area contributed by atoms with Crippen molar-refractivity contribution in [1.82, 2.24) is 0 Å². The molecule has 1 nitrogen and oxygen atoms in total. The predicted octanol–water partition coefficient (Wildman–Crippen LogP) is 3.50. The van der Waals surface area contributed by atoms with Crippen LogP contribution < -0.4 is 0 Å². The smallest absolute Gasteiger partial charge is 0.0524 e. The normalized spacial score (nSPS) is 12.4. The van der Waals surface area contributed by atoms with Crippen molar-refractivity contribution in [1.29, 1.82) is 0 Å². The van der Waals surface area contributed by atoms with E-state index in [1.54, 1.807) is 0 Å². The Bertz CT molecular complexity index is 348. The highest BCUT2D eigenvalue weighted by Gasteiger charge is 2.05. The summed E-state index contributed by atoms with van der Waals surface area (Å²) < 4.78 is 0. The van der Waals surface area contributed by atoms with Crippen LogP contribution in [0.5, 0.6) is 0 Å². The standard InChI is InChI=1S/C12H17NS/c1-9-5-6-11(14)10(7-9)8-13-12(2,3)4/h5-8,14H,1-4H3. The molecular formula is C12H17NS. The first kappa shape index (κ1) is 11.3. The van der Waals surface area contributed by atoms with Crippen molar-refractivity contribution in [3.63, 3.8) is 0 Å². The van der Waals surface area contributed by atoms with Gasteiger partial charge in [0, 0.05) is 16.7 Å². The monoisotopic (exact) mass is 207 g/mol. The summed E-state index contributed by atoms with van der Waals surface area (Å²) in [5.74, 6) is 0. The van der Waals surface area contributed by atoms with Gasteiger partial charge in [-0.25, -0.2) is 0 Å². The summed E-state index contributed by atoms with van der Waals surface area (Å²) in [7, 11) is 0. The van der Waals surface area contributed by atoms with Crippen LogP contribution in [0.2, 0.25) is 0 Å². The largest absolute Gasteiger partial charge is 0.287 e. The van der Waals surface area contributed by atoms with E-state index in [0.29, 0.717) is 0 Å². The molecule has 0 saturated heterocycles. The maximum Gasteiger partial charge on any atom is 0.0524 e. The number of hydrogen-bond acceptors (Lipinski definition) is 2. The third kappa shape index (κ3) is 3.54. The number of hydrogen-bond donors (Lipinski definition) is 1. The molecule has 0 saturated carbocycles. The Balaban J connectivity index is 2.97. The fourth-order valence-electron chi connectivity index (χ4n) is 1.04. The maximum atomic E-state index is 4.45. The van der Waals surface area contributed by atoms with Gasteiger partial charge in [0.1, 0.15) is 0 Å². The number of rotatable bonds is 1. The van der Waals surface area contributed by atoms with Crippen LogP contribution in [-0.2, 0) is 0 Å². The molecule has 1 aromatic rings. The van der Waals surface area contributed by atoms with E-state index >= 15 is 0 Å². The van der Waals surface area contributed by atoms with Crippen LogP contribution in [-0.4, -0.2) is 11.8 Å². The molecule has 0 atom stereocenters. The van der Waals surface area contributed by atoms with Crippen LogP contribution in [0.3, 0.4) is 0 Å². The zero-order valence-corrected chi connectivity index (χ0v) is 10.1. The molecule has 0 fully saturated rings. The minimum atomic E-state index is -0.0238. The van der Waals surface area contributed by atoms with Crippen LogP contribution in [0.25, 0.3) is 0 Å². The quantitative estimate of drug-likeness (QED) is 0.534. The van der Waals surface area contributed by atoms with Crippen molar-refractivity contribution in [2.45, 2.75) is 38.1 Å². The topological polar surface area (TPSA) is 12.4 Å². The molecule has 2 heteroatoms. The highest BCUT2D eigenvalue weighted by molar-refractivity contribution is 7.80. The molecule has 1 rings (SSSR count). The lowest BCUT2D eigenvalue weighted by Gasteiger charge is -2.11. The lowest BCUT2D eigenvalue weighted by molar-refractivity contribution is 0.586. The number of nitrogens with zero attached hydrogens (tertiary/aromatic N) is 1. The number of thiol groups is 1. The summed E-state index contributed by atoms with van der Waals surface area (Å²) in [5, 5.41) is 0. The summed E-state index contributed by atoms with van der Waals surface area (Å²) in [6.45, 7) is 8.31. The molecule has 0 unspecified atom stereocenters. The third-order valence-electron chi connectivity index (χ3n) is 1.77. The van der Waals surface area contributed by atoms with Crippen molar-refractivity contribution in [2.24, 2.45) is 4.99 Å². The van der Waals surface area contributed by atoms with Crippen LogP contribution in [0.4, 0.5) is 0 Å². The van der Waals surface area contributed by atoms with E-state index in [9.17, 15) is 0 Å². The second-order valence-corrected chi connectivity index (χ2v) is 4.97. The molecule has 0 radical (unpaired) electrons. The van der Waals surface area contributed by atoms with E-state index in [2.05, 4.69) is 57.4 Å². The summed E-state index contributed by atoms with van der Waals surface area (Å²) in [6.07, 6.45) is 1.90. The third-order valence-corrected chi connectivity index (χ3v) is 2.18. The van der Waals surface area contributed by atoms with Gasteiger partial charge < -0.3 is 0 Å². The number of aryl methyl sites for hydroxylation is 1. The predicted molar refractivity (Wildman–Crippen MR) is 65.8 cm³/mol. The molecule has 76 valence electrons. The first-order valence-corrected chi connectivity index (χ1v) is 5.18. The minimum Gasteiger partial charge on any atom is -0.287 e. The highest BCUT2D eigenvalue weighted by atomic mass is 32.1. The van der Waals surface area contributed by atoms with E-state index in [1.807, 2.05) is 12.3 Å². The van der Waals surface area contributed by atoms with Gasteiger partial charge in [-0.1, -0.05) is 11.6 Å². The van der Waals surface area contributed by atoms with Gasteiger partial charge in [0.2, 0.25) is 0 Å². The average Bonchev–Trinajstić information content (AvgIpc) is 2.05. The molecule has 0 spiro atoms. The Morgan fingerprint density at radius 3 is 2.50 bits per heavy atom. The van der Waals surface area contributed by atoms with Crippen LogP contribution in [0.15, 0.2) is 28.1 Å². The van der Waals surface area contributed by atoms with Crippen molar-refractivity contribution in [3.8, 4) is 0 Å². The SMILES string of the molecule is Cc1ccc(S)c(C=NC(C)(C)C)c1. The lowest BCUT2D eigenvalue weighted by Crippen LogP contribution is -2.09. The molecule has 0 bridgehead atoms. The Labute approximate surface area is 91.7 Å². The second-order valence-electron chi connectivity index (χ2n) is 4.49. The molecule has 0 aromatic heterocycles. The van der Waals surface area contributed by atoms with E-state index in [1.165, 1.54) is 5.56 Å². The first-order valence-electron chi connectivity index (χ1n) is 4.73. The first-order chi connectivity index (χ1) is 6.38. The summed E-state index contributed by atoms with van der Waals surface area (Å²) >= 11 is 4.38. The molecule has 14 heavy (non-hydrogen) atoms. The summed E-state index contributed by atoms with van der Waals surface area (Å²) in [4.78, 5) is 5.43. The molecular weight excluding hydrogens is 190 g/mol. The Morgan fingerprint density at radius 1 is 1.29 bits per heavy atom. The van der Waals surface area contributed by atoms with Gasteiger partial charge in [-0.15, -0.1) is 12.6 Å². The van der Waals surface area contributed by atoms with Gasteiger partial charge in [0.25, 0.3) is 0 Å². The van der Waals surface area contributed by atoms with E-state index in [-0.39, 0.29) is 5.54 Å². The lowest BCUT2D eigenvalue weighted by atomic mass is 10.1. The van der Waals surface area contributed by atoms with Crippen LogP contribution >= 0.6 is 12.6 Å². The van der Waals surface area contributed by atoms with Gasteiger partial charge >= 0.3 is 0 Å². The molecule has 0 amide bonds. The fourth-order valence-corrected chi connectivity index (χ4v) is 1.24.